The molecule has 3 nitrogen and oxygen atoms in total. The lowest BCUT2D eigenvalue weighted by molar-refractivity contribution is 0.0528. The highest BCUT2D eigenvalue weighted by molar-refractivity contribution is 6.05. The molecule has 1 heterocycles. The number of H-pyrrole nitrogens is 1. The Bertz CT molecular complexity index is 581. The molecule has 2 rings (SSSR count). The third-order valence-electron chi connectivity index (χ3n) is 3.08. The second-order valence-corrected chi connectivity index (χ2v) is 4.33. The Kier molecular flexibility index (Phi) is 2.92. The molecule has 1 N–H and O–H groups in total. The van der Waals surface area contributed by atoms with Crippen molar-refractivity contribution >= 4 is 16.9 Å². The quantitative estimate of drug-likeness (QED) is 0.806. The number of hydrogen-bond donors (Lipinski definition) is 1. The van der Waals surface area contributed by atoms with Gasteiger partial charge in [0, 0.05) is 16.6 Å². The molecule has 90 valence electrons. The van der Waals surface area contributed by atoms with Gasteiger partial charge < -0.3 is 9.72 Å². The van der Waals surface area contributed by atoms with Crippen LogP contribution in [0.1, 0.15) is 34.1 Å². The number of benzene rings is 1. The number of carbonyl (C=O) groups excluding carboxylic acids is 1. The molecule has 3 heteroatoms. The fourth-order valence-corrected chi connectivity index (χ4v) is 2.06. The largest absolute Gasteiger partial charge is 0.462 e. The Balaban J connectivity index is 2.66. The van der Waals surface area contributed by atoms with Gasteiger partial charge in [-0.2, -0.15) is 0 Å². The van der Waals surface area contributed by atoms with Crippen LogP contribution in [-0.2, 0) is 4.74 Å². The van der Waals surface area contributed by atoms with E-state index in [0.29, 0.717) is 12.2 Å². The molecule has 0 fully saturated rings. The third-order valence-corrected chi connectivity index (χ3v) is 3.08. The molecule has 0 aliphatic rings. The van der Waals surface area contributed by atoms with Crippen LogP contribution >= 0.6 is 0 Å². The first-order valence-corrected chi connectivity index (χ1v) is 5.81. The van der Waals surface area contributed by atoms with E-state index < -0.39 is 0 Å². The van der Waals surface area contributed by atoms with Gasteiger partial charge in [0.05, 0.1) is 12.2 Å². The van der Waals surface area contributed by atoms with Crippen LogP contribution in [-0.4, -0.2) is 17.6 Å². The fraction of sp³-hybridized carbons (Fsp3) is 0.357. The van der Waals surface area contributed by atoms with E-state index in [1.807, 2.05) is 26.8 Å². The number of aromatic amines is 1. The molecule has 0 aliphatic heterocycles. The minimum atomic E-state index is -0.250. The summed E-state index contributed by atoms with van der Waals surface area (Å²) in [5.41, 5.74) is 4.92. The number of nitrogens with one attached hydrogen (secondary N) is 1. The van der Waals surface area contributed by atoms with Gasteiger partial charge in [-0.15, -0.1) is 0 Å². The molecule has 17 heavy (non-hydrogen) atoms. The summed E-state index contributed by atoms with van der Waals surface area (Å²) in [5, 5.41) is 0.948. The number of aryl methyl sites for hydroxylation is 3. The number of hydrogen-bond acceptors (Lipinski definition) is 2. The lowest BCUT2D eigenvalue weighted by atomic mass is 10.0. The van der Waals surface area contributed by atoms with Gasteiger partial charge in [0.25, 0.3) is 0 Å². The molecule has 0 unspecified atom stereocenters. The van der Waals surface area contributed by atoms with Gasteiger partial charge in [0.15, 0.2) is 0 Å². The average Bonchev–Trinajstić information content (AvgIpc) is 2.55. The zero-order valence-electron chi connectivity index (χ0n) is 10.7. The topological polar surface area (TPSA) is 42.1 Å². The van der Waals surface area contributed by atoms with Gasteiger partial charge in [0.1, 0.15) is 0 Å². The van der Waals surface area contributed by atoms with Crippen LogP contribution in [0.15, 0.2) is 12.1 Å². The first-order valence-electron chi connectivity index (χ1n) is 5.81. The Labute approximate surface area is 101 Å². The molecule has 0 saturated heterocycles. The number of rotatable bonds is 2. The summed E-state index contributed by atoms with van der Waals surface area (Å²) in [6, 6.07) is 4.11. The summed E-state index contributed by atoms with van der Waals surface area (Å²) in [6.45, 7) is 8.23. The second-order valence-electron chi connectivity index (χ2n) is 4.33. The van der Waals surface area contributed by atoms with Crippen LogP contribution in [0.3, 0.4) is 0 Å². The van der Waals surface area contributed by atoms with Crippen molar-refractivity contribution in [1.82, 2.24) is 4.98 Å². The Morgan fingerprint density at radius 3 is 2.53 bits per heavy atom. The van der Waals surface area contributed by atoms with Crippen LogP contribution in [0.25, 0.3) is 10.9 Å². The van der Waals surface area contributed by atoms with Crippen LogP contribution in [0.5, 0.6) is 0 Å². The predicted molar refractivity (Wildman–Crippen MR) is 68.5 cm³/mol. The Morgan fingerprint density at radius 2 is 1.88 bits per heavy atom. The summed E-state index contributed by atoms with van der Waals surface area (Å²) < 4.78 is 5.09. The molecular weight excluding hydrogens is 214 g/mol. The molecule has 2 aromatic rings. The van der Waals surface area contributed by atoms with Crippen molar-refractivity contribution in [3.8, 4) is 0 Å². The van der Waals surface area contributed by atoms with E-state index in [1.54, 1.807) is 0 Å². The van der Waals surface area contributed by atoms with Crippen LogP contribution in [0.2, 0.25) is 0 Å². The van der Waals surface area contributed by atoms with Crippen molar-refractivity contribution in [3.05, 3.63) is 34.5 Å². The van der Waals surface area contributed by atoms with Gasteiger partial charge in [-0.05, 0) is 51.0 Å². The van der Waals surface area contributed by atoms with Crippen molar-refractivity contribution in [3.63, 3.8) is 0 Å². The summed E-state index contributed by atoms with van der Waals surface area (Å²) in [7, 11) is 0. The smallest absolute Gasteiger partial charge is 0.340 e. The van der Waals surface area contributed by atoms with Crippen LogP contribution in [0, 0.1) is 20.8 Å². The lowest BCUT2D eigenvalue weighted by Gasteiger charge is -2.03. The van der Waals surface area contributed by atoms with Crippen molar-refractivity contribution in [1.29, 1.82) is 0 Å². The van der Waals surface area contributed by atoms with Crippen LogP contribution < -0.4 is 0 Å². The standard InChI is InChI=1S/C14H17NO2/c1-5-17-14(16)13-10(4)15-12-7-9(3)8(2)6-11(12)13/h6-7,15H,5H2,1-4H3. The van der Waals surface area contributed by atoms with E-state index in [-0.39, 0.29) is 5.97 Å². The maximum atomic E-state index is 11.9. The Hall–Kier alpha value is -1.77. The van der Waals surface area contributed by atoms with E-state index >= 15 is 0 Å². The highest BCUT2D eigenvalue weighted by atomic mass is 16.5. The van der Waals surface area contributed by atoms with E-state index in [2.05, 4.69) is 18.0 Å². The van der Waals surface area contributed by atoms with Gasteiger partial charge in [-0.25, -0.2) is 4.79 Å². The number of ether oxygens (including phenoxy) is 1. The van der Waals surface area contributed by atoms with E-state index in [4.69, 9.17) is 4.74 Å². The van der Waals surface area contributed by atoms with Gasteiger partial charge in [0.2, 0.25) is 0 Å². The predicted octanol–water partition coefficient (Wildman–Crippen LogP) is 3.27. The highest BCUT2D eigenvalue weighted by Crippen LogP contribution is 2.25. The summed E-state index contributed by atoms with van der Waals surface area (Å²) in [5.74, 6) is -0.250. The number of carbonyl (C=O) groups is 1. The van der Waals surface area contributed by atoms with Crippen LogP contribution in [0.4, 0.5) is 0 Å². The second kappa shape index (κ2) is 4.24. The molecule has 0 radical (unpaired) electrons. The zero-order chi connectivity index (χ0) is 12.6. The number of aromatic nitrogens is 1. The molecule has 0 spiro atoms. The molecule has 0 bridgehead atoms. The number of fused-ring (bicyclic) bond motifs is 1. The summed E-state index contributed by atoms with van der Waals surface area (Å²) >= 11 is 0. The molecule has 0 amide bonds. The normalized spacial score (nSPS) is 10.8. The molecular formula is C14H17NO2. The molecule has 0 aliphatic carbocycles. The van der Waals surface area contributed by atoms with Gasteiger partial charge >= 0.3 is 5.97 Å². The fourth-order valence-electron chi connectivity index (χ4n) is 2.06. The maximum Gasteiger partial charge on any atom is 0.340 e. The van der Waals surface area contributed by atoms with Gasteiger partial charge in [-0.3, -0.25) is 0 Å². The van der Waals surface area contributed by atoms with Crippen molar-refractivity contribution in [2.24, 2.45) is 0 Å². The minimum Gasteiger partial charge on any atom is -0.462 e. The molecule has 0 atom stereocenters. The highest BCUT2D eigenvalue weighted by Gasteiger charge is 2.17. The van der Waals surface area contributed by atoms with Gasteiger partial charge in [-0.1, -0.05) is 0 Å². The van der Waals surface area contributed by atoms with Crippen molar-refractivity contribution < 1.29 is 9.53 Å². The number of esters is 1. The molecule has 1 aromatic heterocycles. The summed E-state index contributed by atoms with van der Waals surface area (Å²) in [6.07, 6.45) is 0. The first kappa shape index (κ1) is 11.7. The molecule has 0 saturated carbocycles. The Morgan fingerprint density at radius 1 is 1.24 bits per heavy atom. The zero-order valence-corrected chi connectivity index (χ0v) is 10.7. The average molecular weight is 231 g/mol. The van der Waals surface area contributed by atoms with E-state index in [1.165, 1.54) is 11.1 Å². The maximum absolute atomic E-state index is 11.9. The van der Waals surface area contributed by atoms with E-state index in [9.17, 15) is 4.79 Å². The minimum absolute atomic E-state index is 0.250. The molecule has 1 aromatic carbocycles. The third kappa shape index (κ3) is 1.93. The van der Waals surface area contributed by atoms with Crippen molar-refractivity contribution in [2.75, 3.05) is 6.61 Å². The monoisotopic (exact) mass is 231 g/mol. The van der Waals surface area contributed by atoms with E-state index in [0.717, 1.165) is 16.6 Å². The first-order chi connectivity index (χ1) is 8.04. The summed E-state index contributed by atoms with van der Waals surface area (Å²) in [4.78, 5) is 15.1. The lowest BCUT2D eigenvalue weighted by Crippen LogP contribution is -2.05. The van der Waals surface area contributed by atoms with Crippen molar-refractivity contribution in [2.45, 2.75) is 27.7 Å². The SMILES string of the molecule is CCOC(=O)c1c(C)[nH]c2cc(C)c(C)cc12.